The highest BCUT2D eigenvalue weighted by atomic mass is 32.2. The van der Waals surface area contributed by atoms with E-state index in [2.05, 4.69) is 0 Å². The van der Waals surface area contributed by atoms with Crippen molar-refractivity contribution in [2.75, 3.05) is 7.11 Å². The Bertz CT molecular complexity index is 1470. The van der Waals surface area contributed by atoms with E-state index >= 15 is 0 Å². The van der Waals surface area contributed by atoms with Crippen LogP contribution in [0.15, 0.2) is 94.4 Å². The van der Waals surface area contributed by atoms with Crippen LogP contribution >= 0.6 is 0 Å². The SMILES string of the molecule is COc1ccc(S(=O)(=O)Oc2cccc(CN(Cc3ccco3)C(=O)c3ccccc3F)c2)cc1F. The number of carbonyl (C=O) groups is 1. The molecule has 0 aliphatic heterocycles. The van der Waals surface area contributed by atoms with Crippen molar-refractivity contribution < 1.29 is 35.3 Å². The van der Waals surface area contributed by atoms with E-state index in [9.17, 15) is 22.0 Å². The molecule has 0 radical (unpaired) electrons. The zero-order chi connectivity index (χ0) is 25.7. The number of halogens is 2. The van der Waals surface area contributed by atoms with Crippen molar-refractivity contribution in [1.82, 2.24) is 4.90 Å². The topological polar surface area (TPSA) is 86.1 Å². The van der Waals surface area contributed by atoms with Crippen LogP contribution in [0, 0.1) is 11.6 Å². The lowest BCUT2D eigenvalue weighted by molar-refractivity contribution is 0.0712. The fourth-order valence-corrected chi connectivity index (χ4v) is 4.42. The molecule has 0 saturated heterocycles. The smallest absolute Gasteiger partial charge is 0.339 e. The second kappa shape index (κ2) is 10.6. The molecule has 1 aromatic heterocycles. The number of nitrogens with zero attached hydrogens (tertiary/aromatic N) is 1. The summed E-state index contributed by atoms with van der Waals surface area (Å²) in [5.41, 5.74) is 0.403. The zero-order valence-corrected chi connectivity index (χ0v) is 19.9. The quantitative estimate of drug-likeness (QED) is 0.287. The van der Waals surface area contributed by atoms with Crippen LogP contribution in [-0.2, 0) is 23.2 Å². The second-order valence-electron chi connectivity index (χ2n) is 7.70. The molecule has 0 aliphatic carbocycles. The molecule has 0 N–H and O–H groups in total. The first kappa shape index (κ1) is 24.9. The molecule has 10 heteroatoms. The van der Waals surface area contributed by atoms with E-state index in [1.807, 2.05) is 0 Å². The van der Waals surface area contributed by atoms with Gasteiger partial charge in [0.2, 0.25) is 0 Å². The fourth-order valence-electron chi connectivity index (χ4n) is 3.49. The van der Waals surface area contributed by atoms with E-state index in [1.54, 1.807) is 30.3 Å². The van der Waals surface area contributed by atoms with Crippen molar-refractivity contribution in [3.05, 3.63) is 114 Å². The molecule has 186 valence electrons. The largest absolute Gasteiger partial charge is 0.494 e. The van der Waals surface area contributed by atoms with Gasteiger partial charge in [0.05, 0.1) is 25.5 Å². The summed E-state index contributed by atoms with van der Waals surface area (Å²) < 4.78 is 69.0. The van der Waals surface area contributed by atoms with E-state index < -0.39 is 27.7 Å². The third-order valence-corrected chi connectivity index (χ3v) is 6.45. The Balaban J connectivity index is 1.58. The van der Waals surface area contributed by atoms with Crippen LogP contribution in [0.25, 0.3) is 0 Å². The van der Waals surface area contributed by atoms with Gasteiger partial charge in [0, 0.05) is 6.54 Å². The average Bonchev–Trinajstić information content (AvgIpc) is 3.37. The van der Waals surface area contributed by atoms with Gasteiger partial charge >= 0.3 is 10.1 Å². The molecule has 0 unspecified atom stereocenters. The van der Waals surface area contributed by atoms with Gasteiger partial charge in [-0.3, -0.25) is 4.79 Å². The minimum Gasteiger partial charge on any atom is -0.494 e. The number of rotatable bonds is 9. The van der Waals surface area contributed by atoms with E-state index in [4.69, 9.17) is 13.3 Å². The molecule has 0 aliphatic rings. The Labute approximate surface area is 206 Å². The molecule has 0 bridgehead atoms. The van der Waals surface area contributed by atoms with Gasteiger partial charge in [-0.05, 0) is 60.2 Å². The van der Waals surface area contributed by atoms with Crippen molar-refractivity contribution in [2.45, 2.75) is 18.0 Å². The lowest BCUT2D eigenvalue weighted by Crippen LogP contribution is -2.30. The number of furan rings is 1. The van der Waals surface area contributed by atoms with E-state index in [0.717, 1.165) is 6.07 Å². The molecule has 4 rings (SSSR count). The molecule has 1 amide bonds. The summed E-state index contributed by atoms with van der Waals surface area (Å²) in [5.74, 6) is -1.75. The zero-order valence-electron chi connectivity index (χ0n) is 19.1. The number of hydrogen-bond donors (Lipinski definition) is 0. The first-order valence-electron chi connectivity index (χ1n) is 10.7. The van der Waals surface area contributed by atoms with Gasteiger partial charge in [0.15, 0.2) is 11.6 Å². The number of carbonyl (C=O) groups excluding carboxylic acids is 1. The van der Waals surface area contributed by atoms with Crippen LogP contribution < -0.4 is 8.92 Å². The standard InChI is InChI=1S/C26H21F2NO6S/c1-33-25-12-11-21(15-24(25)28)36(31,32)35-19-7-4-6-18(14-19)16-29(17-20-8-5-13-34-20)26(30)22-9-2-3-10-23(22)27/h2-15H,16-17H2,1H3. The second-order valence-corrected chi connectivity index (χ2v) is 9.25. The van der Waals surface area contributed by atoms with Gasteiger partial charge < -0.3 is 18.2 Å². The third-order valence-electron chi connectivity index (χ3n) is 5.21. The lowest BCUT2D eigenvalue weighted by Gasteiger charge is -2.22. The molecule has 1 heterocycles. The van der Waals surface area contributed by atoms with Crippen LogP contribution in [0.1, 0.15) is 21.7 Å². The monoisotopic (exact) mass is 513 g/mol. The van der Waals surface area contributed by atoms with Crippen LogP contribution in [0.2, 0.25) is 0 Å². The summed E-state index contributed by atoms with van der Waals surface area (Å²) in [6, 6.07) is 18.2. The molecule has 0 atom stereocenters. The lowest BCUT2D eigenvalue weighted by atomic mass is 10.1. The average molecular weight is 514 g/mol. The Hall–Kier alpha value is -4.18. The van der Waals surface area contributed by atoms with Gasteiger partial charge in [-0.2, -0.15) is 8.42 Å². The van der Waals surface area contributed by atoms with Crippen molar-refractivity contribution in [1.29, 1.82) is 0 Å². The number of benzene rings is 3. The summed E-state index contributed by atoms with van der Waals surface area (Å²) in [6.45, 7) is 0.0525. The number of ether oxygens (including phenoxy) is 1. The van der Waals surface area contributed by atoms with Crippen LogP contribution in [-0.4, -0.2) is 26.3 Å². The maximum Gasteiger partial charge on any atom is 0.339 e. The summed E-state index contributed by atoms with van der Waals surface area (Å²) in [5, 5.41) is 0. The van der Waals surface area contributed by atoms with Crippen molar-refractivity contribution in [3.8, 4) is 11.5 Å². The van der Waals surface area contributed by atoms with Gasteiger partial charge in [0.25, 0.3) is 5.91 Å². The minimum atomic E-state index is -4.35. The number of hydrogen-bond acceptors (Lipinski definition) is 6. The summed E-state index contributed by atoms with van der Waals surface area (Å²) in [6.07, 6.45) is 1.46. The Morgan fingerprint density at radius 3 is 2.42 bits per heavy atom. The molecule has 3 aromatic carbocycles. The number of methoxy groups -OCH3 is 1. The maximum atomic E-state index is 14.3. The first-order valence-corrected chi connectivity index (χ1v) is 12.1. The maximum absolute atomic E-state index is 14.3. The van der Waals surface area contributed by atoms with Crippen molar-refractivity contribution >= 4 is 16.0 Å². The minimum absolute atomic E-state index is 0.00226. The predicted molar refractivity (Wildman–Crippen MR) is 126 cm³/mol. The van der Waals surface area contributed by atoms with Crippen molar-refractivity contribution in [2.24, 2.45) is 0 Å². The Morgan fingerprint density at radius 1 is 0.917 bits per heavy atom. The van der Waals surface area contributed by atoms with E-state index in [-0.39, 0.29) is 35.0 Å². The molecular weight excluding hydrogens is 492 g/mol. The van der Waals surface area contributed by atoms with Crippen LogP contribution in [0.4, 0.5) is 8.78 Å². The molecule has 0 saturated carbocycles. The molecule has 0 fully saturated rings. The highest BCUT2D eigenvalue weighted by Gasteiger charge is 2.22. The van der Waals surface area contributed by atoms with E-state index in [0.29, 0.717) is 11.3 Å². The first-order chi connectivity index (χ1) is 17.3. The highest BCUT2D eigenvalue weighted by molar-refractivity contribution is 7.87. The summed E-state index contributed by atoms with van der Waals surface area (Å²) >= 11 is 0. The Morgan fingerprint density at radius 2 is 1.72 bits per heavy atom. The van der Waals surface area contributed by atoms with Crippen molar-refractivity contribution in [3.63, 3.8) is 0 Å². The molecular formula is C26H21F2NO6S. The van der Waals surface area contributed by atoms with E-state index in [1.165, 1.54) is 60.7 Å². The molecule has 36 heavy (non-hydrogen) atoms. The third kappa shape index (κ3) is 5.72. The predicted octanol–water partition coefficient (Wildman–Crippen LogP) is 5.18. The molecule has 4 aromatic rings. The van der Waals surface area contributed by atoms with Gasteiger partial charge in [0.1, 0.15) is 22.2 Å². The molecule has 7 nitrogen and oxygen atoms in total. The van der Waals surface area contributed by atoms with Gasteiger partial charge in [-0.1, -0.05) is 24.3 Å². The number of amides is 1. The normalized spacial score (nSPS) is 11.2. The summed E-state index contributed by atoms with van der Waals surface area (Å²) in [4.78, 5) is 14.1. The molecule has 0 spiro atoms. The highest BCUT2D eigenvalue weighted by Crippen LogP contribution is 2.25. The van der Waals surface area contributed by atoms with Gasteiger partial charge in [-0.15, -0.1) is 0 Å². The Kier molecular flexibility index (Phi) is 7.35. The summed E-state index contributed by atoms with van der Waals surface area (Å²) in [7, 11) is -3.09. The van der Waals surface area contributed by atoms with Crippen LogP contribution in [0.5, 0.6) is 11.5 Å². The van der Waals surface area contributed by atoms with Crippen LogP contribution in [0.3, 0.4) is 0 Å². The fraction of sp³-hybridized carbons (Fsp3) is 0.115. The van der Waals surface area contributed by atoms with Gasteiger partial charge in [-0.25, -0.2) is 8.78 Å².